The van der Waals surface area contributed by atoms with Gasteiger partial charge in [0.25, 0.3) is 0 Å². The van der Waals surface area contributed by atoms with Crippen LogP contribution in [0.1, 0.15) is 6.92 Å². The fourth-order valence-corrected chi connectivity index (χ4v) is 2.03. The van der Waals surface area contributed by atoms with Gasteiger partial charge in [-0.05, 0) is 22.9 Å². The summed E-state index contributed by atoms with van der Waals surface area (Å²) in [5, 5.41) is 0.885. The average molecular weight is 200 g/mol. The standard InChI is InChI=1S/C7H8N2OS2/c1-6(10)9-12-11-7-4-2-3-5-8-7/h2-5H,1H3,(H,9,10). The van der Waals surface area contributed by atoms with Crippen molar-refractivity contribution in [2.45, 2.75) is 11.9 Å². The van der Waals surface area contributed by atoms with Crippen molar-refractivity contribution in [1.29, 1.82) is 0 Å². The number of carbonyl (C=O) groups excluding carboxylic acids is 1. The summed E-state index contributed by atoms with van der Waals surface area (Å²) in [6.45, 7) is 1.48. The summed E-state index contributed by atoms with van der Waals surface area (Å²) >= 11 is 0. The van der Waals surface area contributed by atoms with E-state index in [1.54, 1.807) is 6.20 Å². The Morgan fingerprint density at radius 2 is 2.42 bits per heavy atom. The van der Waals surface area contributed by atoms with Gasteiger partial charge in [-0.15, -0.1) is 0 Å². The molecule has 0 saturated carbocycles. The number of nitrogens with zero attached hydrogens (tertiary/aromatic N) is 1. The molecule has 1 amide bonds. The Morgan fingerprint density at radius 3 is 3.00 bits per heavy atom. The van der Waals surface area contributed by atoms with Crippen LogP contribution in [-0.4, -0.2) is 10.9 Å². The minimum atomic E-state index is -0.0524. The van der Waals surface area contributed by atoms with Crippen LogP contribution in [0.5, 0.6) is 0 Å². The van der Waals surface area contributed by atoms with Crippen LogP contribution < -0.4 is 4.72 Å². The lowest BCUT2D eigenvalue weighted by atomic mass is 10.5. The molecule has 0 aromatic carbocycles. The van der Waals surface area contributed by atoms with E-state index in [2.05, 4.69) is 9.71 Å². The van der Waals surface area contributed by atoms with Gasteiger partial charge in [-0.1, -0.05) is 6.07 Å². The summed E-state index contributed by atoms with van der Waals surface area (Å²) in [5.74, 6) is -0.0524. The van der Waals surface area contributed by atoms with Crippen LogP contribution >= 0.6 is 21.8 Å². The maximum absolute atomic E-state index is 10.5. The molecule has 0 spiro atoms. The van der Waals surface area contributed by atoms with Gasteiger partial charge >= 0.3 is 0 Å². The van der Waals surface area contributed by atoms with Gasteiger partial charge in [0.05, 0.1) is 0 Å². The van der Waals surface area contributed by atoms with Crippen molar-refractivity contribution in [3.63, 3.8) is 0 Å². The number of nitrogens with one attached hydrogen (secondary N) is 1. The summed E-state index contributed by atoms with van der Waals surface area (Å²) in [7, 11) is 2.69. The summed E-state index contributed by atoms with van der Waals surface area (Å²) in [6, 6.07) is 5.65. The van der Waals surface area contributed by atoms with Crippen molar-refractivity contribution >= 4 is 27.7 Å². The maximum atomic E-state index is 10.5. The number of carbonyl (C=O) groups is 1. The summed E-state index contributed by atoms with van der Waals surface area (Å²) in [5.41, 5.74) is 0. The lowest BCUT2D eigenvalue weighted by Gasteiger charge is -1.98. The van der Waals surface area contributed by atoms with Crippen molar-refractivity contribution in [2.24, 2.45) is 0 Å². The molecule has 1 heterocycles. The molecule has 1 aromatic rings. The fourth-order valence-electron chi connectivity index (χ4n) is 0.519. The van der Waals surface area contributed by atoms with Crippen LogP contribution in [0.2, 0.25) is 0 Å². The Labute approximate surface area is 78.9 Å². The first kappa shape index (κ1) is 9.41. The fraction of sp³-hybridized carbons (Fsp3) is 0.143. The van der Waals surface area contributed by atoms with E-state index in [9.17, 15) is 4.79 Å². The molecule has 12 heavy (non-hydrogen) atoms. The van der Waals surface area contributed by atoms with E-state index >= 15 is 0 Å². The van der Waals surface area contributed by atoms with Gasteiger partial charge in [0.2, 0.25) is 5.91 Å². The predicted octanol–water partition coefficient (Wildman–Crippen LogP) is 1.87. The Hall–Kier alpha value is -0.680. The van der Waals surface area contributed by atoms with Crippen molar-refractivity contribution in [3.05, 3.63) is 24.4 Å². The molecule has 1 N–H and O–H groups in total. The molecule has 0 aliphatic heterocycles. The third-order valence-electron chi connectivity index (χ3n) is 0.950. The van der Waals surface area contributed by atoms with Crippen molar-refractivity contribution in [2.75, 3.05) is 0 Å². The van der Waals surface area contributed by atoms with E-state index < -0.39 is 0 Å². The SMILES string of the molecule is CC(=O)NSSc1ccccn1. The van der Waals surface area contributed by atoms with Gasteiger partial charge < -0.3 is 0 Å². The summed E-state index contributed by atoms with van der Waals surface area (Å²) in [6.07, 6.45) is 1.72. The lowest BCUT2D eigenvalue weighted by Crippen LogP contribution is -2.08. The van der Waals surface area contributed by atoms with Crippen LogP contribution in [0.3, 0.4) is 0 Å². The third kappa shape index (κ3) is 3.64. The van der Waals surface area contributed by atoms with Crippen molar-refractivity contribution in [3.8, 4) is 0 Å². The van der Waals surface area contributed by atoms with Crippen LogP contribution in [0.15, 0.2) is 29.4 Å². The number of amides is 1. The van der Waals surface area contributed by atoms with Crippen LogP contribution in [0.25, 0.3) is 0 Å². The maximum Gasteiger partial charge on any atom is 0.227 e. The number of hydrogen-bond donors (Lipinski definition) is 1. The lowest BCUT2D eigenvalue weighted by molar-refractivity contribution is -0.117. The first-order valence-electron chi connectivity index (χ1n) is 3.30. The van der Waals surface area contributed by atoms with Gasteiger partial charge in [-0.3, -0.25) is 9.52 Å². The van der Waals surface area contributed by atoms with Gasteiger partial charge in [0, 0.05) is 24.1 Å². The van der Waals surface area contributed by atoms with Gasteiger partial charge in [0.15, 0.2) is 0 Å². The molecule has 1 aromatic heterocycles. The highest BCUT2D eigenvalue weighted by molar-refractivity contribution is 8.76. The molecular formula is C7H8N2OS2. The second kappa shape index (κ2) is 5.05. The minimum Gasteiger partial charge on any atom is -0.291 e. The van der Waals surface area contributed by atoms with Crippen LogP contribution in [0, 0.1) is 0 Å². The molecule has 0 saturated heterocycles. The average Bonchev–Trinajstić information content (AvgIpc) is 2.05. The van der Waals surface area contributed by atoms with E-state index in [4.69, 9.17) is 0 Å². The minimum absolute atomic E-state index is 0.0524. The molecule has 1 rings (SSSR count). The number of hydrogen-bond acceptors (Lipinski definition) is 4. The topological polar surface area (TPSA) is 42.0 Å². The normalized spacial score (nSPS) is 9.42. The highest BCUT2D eigenvalue weighted by Gasteiger charge is 1.95. The molecule has 0 bridgehead atoms. The first-order chi connectivity index (χ1) is 5.79. The largest absolute Gasteiger partial charge is 0.291 e. The van der Waals surface area contributed by atoms with E-state index in [1.807, 2.05) is 18.2 Å². The highest BCUT2D eigenvalue weighted by atomic mass is 33.1. The zero-order chi connectivity index (χ0) is 8.81. The Bertz CT molecular complexity index is 253. The molecule has 0 aliphatic rings. The number of rotatable bonds is 3. The molecule has 5 heteroatoms. The second-order valence-electron chi connectivity index (χ2n) is 1.99. The van der Waals surface area contributed by atoms with E-state index in [1.165, 1.54) is 28.7 Å². The summed E-state index contributed by atoms with van der Waals surface area (Å²) < 4.78 is 2.59. The molecular weight excluding hydrogens is 192 g/mol. The zero-order valence-corrected chi connectivity index (χ0v) is 8.11. The summed E-state index contributed by atoms with van der Waals surface area (Å²) in [4.78, 5) is 14.5. The molecule has 0 atom stereocenters. The molecule has 0 fully saturated rings. The van der Waals surface area contributed by atoms with E-state index in [0.717, 1.165) is 5.03 Å². The van der Waals surface area contributed by atoms with E-state index in [0.29, 0.717) is 0 Å². The Balaban J connectivity index is 2.29. The van der Waals surface area contributed by atoms with Crippen molar-refractivity contribution < 1.29 is 4.79 Å². The molecule has 0 aliphatic carbocycles. The van der Waals surface area contributed by atoms with Gasteiger partial charge in [-0.2, -0.15) is 0 Å². The monoisotopic (exact) mass is 200 g/mol. The third-order valence-corrected chi connectivity index (χ3v) is 2.83. The zero-order valence-electron chi connectivity index (χ0n) is 6.48. The molecule has 64 valence electrons. The van der Waals surface area contributed by atoms with Gasteiger partial charge in [-0.25, -0.2) is 4.98 Å². The molecule has 0 unspecified atom stereocenters. The van der Waals surface area contributed by atoms with E-state index in [-0.39, 0.29) is 5.91 Å². The van der Waals surface area contributed by atoms with Crippen LogP contribution in [-0.2, 0) is 4.79 Å². The van der Waals surface area contributed by atoms with Crippen LogP contribution in [0.4, 0.5) is 0 Å². The van der Waals surface area contributed by atoms with Crippen molar-refractivity contribution in [1.82, 2.24) is 9.71 Å². The first-order valence-corrected chi connectivity index (χ1v) is 5.45. The molecule has 3 nitrogen and oxygen atoms in total. The Kier molecular flexibility index (Phi) is 3.96. The quantitative estimate of drug-likeness (QED) is 0.597. The second-order valence-corrected chi connectivity index (χ2v) is 3.95. The highest BCUT2D eigenvalue weighted by Crippen LogP contribution is 2.25. The predicted molar refractivity (Wildman–Crippen MR) is 51.5 cm³/mol. The van der Waals surface area contributed by atoms with Gasteiger partial charge in [0.1, 0.15) is 5.03 Å². The Morgan fingerprint density at radius 1 is 1.58 bits per heavy atom. The smallest absolute Gasteiger partial charge is 0.227 e. The molecule has 0 radical (unpaired) electrons. The number of pyridine rings is 1. The number of aromatic nitrogens is 1.